The number of anilines is 2. The Morgan fingerprint density at radius 1 is 1.08 bits per heavy atom. The third-order valence-corrected chi connectivity index (χ3v) is 6.05. The Hall–Kier alpha value is -1.80. The summed E-state index contributed by atoms with van der Waals surface area (Å²) in [7, 11) is -3.33. The summed E-state index contributed by atoms with van der Waals surface area (Å²) in [6.45, 7) is 3.14. The second kappa shape index (κ2) is 6.60. The van der Waals surface area contributed by atoms with Gasteiger partial charge in [0, 0.05) is 44.1 Å². The Morgan fingerprint density at radius 2 is 1.71 bits per heavy atom. The second-order valence-electron chi connectivity index (χ2n) is 6.44. The van der Waals surface area contributed by atoms with E-state index in [2.05, 4.69) is 4.90 Å². The van der Waals surface area contributed by atoms with E-state index >= 15 is 0 Å². The lowest BCUT2D eigenvalue weighted by molar-refractivity contribution is -0.134. The number of hydrogen-bond donors (Lipinski definition) is 1. The monoisotopic (exact) mass is 352 g/mol. The topological polar surface area (TPSA) is 87.0 Å². The molecule has 0 spiro atoms. The molecule has 0 unspecified atom stereocenters. The lowest BCUT2D eigenvalue weighted by atomic mass is 10.1. The van der Waals surface area contributed by atoms with E-state index in [-0.39, 0.29) is 5.91 Å². The van der Waals surface area contributed by atoms with Crippen molar-refractivity contribution < 1.29 is 13.2 Å². The zero-order chi connectivity index (χ0) is 17.3. The molecule has 0 bridgehead atoms. The van der Waals surface area contributed by atoms with Crippen LogP contribution < -0.4 is 10.6 Å². The molecule has 7 nitrogen and oxygen atoms in total. The van der Waals surface area contributed by atoms with Crippen LogP contribution in [-0.4, -0.2) is 68.6 Å². The summed E-state index contributed by atoms with van der Waals surface area (Å²) < 4.78 is 25.0. The van der Waals surface area contributed by atoms with Crippen LogP contribution in [0, 0.1) is 0 Å². The normalized spacial score (nSPS) is 22.8. The average Bonchev–Trinajstić information content (AvgIpc) is 3.05. The van der Waals surface area contributed by atoms with Crippen LogP contribution >= 0.6 is 0 Å². The van der Waals surface area contributed by atoms with Gasteiger partial charge in [-0.25, -0.2) is 8.42 Å². The lowest BCUT2D eigenvalue weighted by Crippen LogP contribution is -2.54. The number of carbonyl (C=O) groups is 1. The van der Waals surface area contributed by atoms with Gasteiger partial charge in [0.15, 0.2) is 0 Å². The van der Waals surface area contributed by atoms with Crippen molar-refractivity contribution >= 4 is 27.3 Å². The highest BCUT2D eigenvalue weighted by molar-refractivity contribution is 7.88. The molecule has 132 valence electrons. The van der Waals surface area contributed by atoms with Crippen molar-refractivity contribution in [1.82, 2.24) is 9.21 Å². The van der Waals surface area contributed by atoms with E-state index in [1.165, 1.54) is 10.6 Å². The predicted octanol–water partition coefficient (Wildman–Crippen LogP) is 0.341. The van der Waals surface area contributed by atoms with Crippen LogP contribution in [0.3, 0.4) is 0 Å². The van der Waals surface area contributed by atoms with Crippen molar-refractivity contribution in [3.8, 4) is 0 Å². The predicted molar refractivity (Wildman–Crippen MR) is 94.2 cm³/mol. The van der Waals surface area contributed by atoms with Gasteiger partial charge in [0.05, 0.1) is 6.26 Å². The quantitative estimate of drug-likeness (QED) is 0.793. The van der Waals surface area contributed by atoms with Gasteiger partial charge in [0.1, 0.15) is 6.04 Å². The Labute approximate surface area is 143 Å². The molecule has 0 radical (unpaired) electrons. The molecule has 0 saturated carbocycles. The van der Waals surface area contributed by atoms with Gasteiger partial charge in [0.25, 0.3) is 0 Å². The summed E-state index contributed by atoms with van der Waals surface area (Å²) in [5, 5.41) is 0. The summed E-state index contributed by atoms with van der Waals surface area (Å²) in [6.07, 6.45) is 2.54. The van der Waals surface area contributed by atoms with Crippen molar-refractivity contribution in [3.05, 3.63) is 24.3 Å². The fourth-order valence-electron chi connectivity index (χ4n) is 3.46. The van der Waals surface area contributed by atoms with Gasteiger partial charge in [-0.15, -0.1) is 0 Å². The van der Waals surface area contributed by atoms with Crippen molar-refractivity contribution in [1.29, 1.82) is 0 Å². The Kier molecular flexibility index (Phi) is 4.69. The minimum Gasteiger partial charge on any atom is -0.399 e. The number of nitrogen functional groups attached to an aromatic ring is 1. The van der Waals surface area contributed by atoms with E-state index in [1.54, 1.807) is 4.90 Å². The summed E-state index contributed by atoms with van der Waals surface area (Å²) in [5.41, 5.74) is 7.53. The molecule has 2 fully saturated rings. The van der Waals surface area contributed by atoms with Crippen LogP contribution in [-0.2, 0) is 14.8 Å². The van der Waals surface area contributed by atoms with E-state index in [0.717, 1.165) is 30.9 Å². The average molecular weight is 352 g/mol. The van der Waals surface area contributed by atoms with Crippen molar-refractivity contribution in [3.63, 3.8) is 0 Å². The molecule has 1 aromatic carbocycles. The largest absolute Gasteiger partial charge is 0.399 e. The number of amides is 1. The Balaban J connectivity index is 1.62. The molecule has 1 aromatic rings. The van der Waals surface area contributed by atoms with E-state index in [0.29, 0.717) is 26.1 Å². The third kappa shape index (κ3) is 3.49. The summed E-state index contributed by atoms with van der Waals surface area (Å²) >= 11 is 0. The highest BCUT2D eigenvalue weighted by Crippen LogP contribution is 2.24. The number of piperazine rings is 1. The van der Waals surface area contributed by atoms with Crippen LogP contribution in [0.15, 0.2) is 24.3 Å². The molecule has 2 aliphatic heterocycles. The highest BCUT2D eigenvalue weighted by atomic mass is 32.2. The van der Waals surface area contributed by atoms with Gasteiger partial charge in [-0.05, 0) is 37.1 Å². The molecule has 3 rings (SSSR count). The highest BCUT2D eigenvalue weighted by Gasteiger charge is 2.39. The summed E-state index contributed by atoms with van der Waals surface area (Å²) in [6, 6.07) is 7.18. The SMILES string of the molecule is CS(=O)(=O)N1CCC[C@@H]1C(=O)N1CCN(c2ccc(N)cc2)CC1. The number of carbonyl (C=O) groups excluding carboxylic acids is 1. The first-order chi connectivity index (χ1) is 11.4. The zero-order valence-corrected chi connectivity index (χ0v) is 14.7. The van der Waals surface area contributed by atoms with Gasteiger partial charge in [0.2, 0.25) is 15.9 Å². The minimum atomic E-state index is -3.33. The van der Waals surface area contributed by atoms with E-state index in [1.807, 2.05) is 24.3 Å². The number of nitrogens with zero attached hydrogens (tertiary/aromatic N) is 3. The number of hydrogen-bond acceptors (Lipinski definition) is 5. The molecular weight excluding hydrogens is 328 g/mol. The van der Waals surface area contributed by atoms with Gasteiger partial charge < -0.3 is 15.5 Å². The molecule has 0 aliphatic carbocycles. The zero-order valence-electron chi connectivity index (χ0n) is 13.9. The lowest BCUT2D eigenvalue weighted by Gasteiger charge is -2.38. The molecule has 2 heterocycles. The molecule has 0 aromatic heterocycles. The maximum Gasteiger partial charge on any atom is 0.241 e. The molecule has 1 amide bonds. The fraction of sp³-hybridized carbons (Fsp3) is 0.562. The van der Waals surface area contributed by atoms with Crippen LogP contribution in [0.2, 0.25) is 0 Å². The van der Waals surface area contributed by atoms with Crippen molar-refractivity contribution in [2.75, 3.05) is 49.6 Å². The molecule has 24 heavy (non-hydrogen) atoms. The Morgan fingerprint density at radius 3 is 2.29 bits per heavy atom. The second-order valence-corrected chi connectivity index (χ2v) is 8.37. The molecule has 2 N–H and O–H groups in total. The Bertz CT molecular complexity index is 697. The minimum absolute atomic E-state index is 0.0603. The molecule has 2 saturated heterocycles. The van der Waals surface area contributed by atoms with Crippen molar-refractivity contribution in [2.45, 2.75) is 18.9 Å². The summed E-state index contributed by atoms with van der Waals surface area (Å²) in [4.78, 5) is 16.7. The van der Waals surface area contributed by atoms with Crippen LogP contribution in [0.4, 0.5) is 11.4 Å². The van der Waals surface area contributed by atoms with Crippen LogP contribution in [0.5, 0.6) is 0 Å². The van der Waals surface area contributed by atoms with Crippen molar-refractivity contribution in [2.24, 2.45) is 0 Å². The third-order valence-electron chi connectivity index (χ3n) is 4.76. The van der Waals surface area contributed by atoms with Crippen LogP contribution in [0.25, 0.3) is 0 Å². The number of benzene rings is 1. The molecule has 8 heteroatoms. The number of sulfonamides is 1. The van der Waals surface area contributed by atoms with E-state index < -0.39 is 16.1 Å². The smallest absolute Gasteiger partial charge is 0.241 e. The number of rotatable bonds is 3. The van der Waals surface area contributed by atoms with Gasteiger partial charge in [-0.1, -0.05) is 0 Å². The van der Waals surface area contributed by atoms with Gasteiger partial charge in [-0.2, -0.15) is 4.31 Å². The number of nitrogens with two attached hydrogens (primary N) is 1. The summed E-state index contributed by atoms with van der Waals surface area (Å²) in [5.74, 6) is -0.0603. The maximum atomic E-state index is 12.7. The standard InChI is InChI=1S/C16H24N4O3S/c1-24(22,23)20-8-2-3-15(20)16(21)19-11-9-18(10-12-19)14-6-4-13(17)5-7-14/h4-7,15H,2-3,8-12,17H2,1H3/t15-/m1/s1. The first-order valence-electron chi connectivity index (χ1n) is 8.22. The van der Waals surface area contributed by atoms with Gasteiger partial charge in [-0.3, -0.25) is 4.79 Å². The van der Waals surface area contributed by atoms with E-state index in [4.69, 9.17) is 5.73 Å². The first-order valence-corrected chi connectivity index (χ1v) is 10.1. The first kappa shape index (κ1) is 17.0. The molecular formula is C16H24N4O3S. The van der Waals surface area contributed by atoms with Crippen LogP contribution in [0.1, 0.15) is 12.8 Å². The fourth-order valence-corrected chi connectivity index (χ4v) is 4.58. The molecule has 1 atom stereocenters. The van der Waals surface area contributed by atoms with Gasteiger partial charge >= 0.3 is 0 Å². The van der Waals surface area contributed by atoms with E-state index in [9.17, 15) is 13.2 Å². The maximum absolute atomic E-state index is 12.7. The molecule has 2 aliphatic rings.